The van der Waals surface area contributed by atoms with Gasteiger partial charge in [-0.3, -0.25) is 24.5 Å². The number of likely N-dealkylation sites (N-methyl/N-ethyl adjacent to an activating group) is 1. The fourth-order valence-electron chi connectivity index (χ4n) is 4.24. The van der Waals surface area contributed by atoms with E-state index >= 15 is 0 Å². The van der Waals surface area contributed by atoms with Crippen molar-refractivity contribution in [2.75, 3.05) is 33.7 Å². The van der Waals surface area contributed by atoms with Crippen LogP contribution in [0.5, 0.6) is 0 Å². The van der Waals surface area contributed by atoms with Crippen LogP contribution in [0.4, 0.5) is 0 Å². The Morgan fingerprint density at radius 3 is 2.68 bits per heavy atom. The lowest BCUT2D eigenvalue weighted by Gasteiger charge is -2.29. The summed E-state index contributed by atoms with van der Waals surface area (Å²) in [6.07, 6.45) is 2.93. The first-order valence-corrected chi connectivity index (χ1v) is 11.4. The molecular formula is C23H29N7O4. The highest BCUT2D eigenvalue weighted by Crippen LogP contribution is 2.29. The van der Waals surface area contributed by atoms with Gasteiger partial charge in [-0.25, -0.2) is 4.68 Å². The molecule has 2 aliphatic heterocycles. The number of amides is 4. The number of nitrogens with one attached hydrogen (secondary N) is 1. The van der Waals surface area contributed by atoms with Crippen LogP contribution in [0.15, 0.2) is 24.4 Å². The van der Waals surface area contributed by atoms with Crippen LogP contribution in [-0.4, -0.2) is 93.1 Å². The number of hydrogen-bond acceptors (Lipinski definition) is 7. The van der Waals surface area contributed by atoms with Gasteiger partial charge in [-0.2, -0.15) is 0 Å². The maximum absolute atomic E-state index is 13.1. The van der Waals surface area contributed by atoms with Gasteiger partial charge in [0, 0.05) is 38.2 Å². The third-order valence-corrected chi connectivity index (χ3v) is 6.09. The summed E-state index contributed by atoms with van der Waals surface area (Å²) >= 11 is 0. The Kier molecular flexibility index (Phi) is 6.73. The highest BCUT2D eigenvalue weighted by Gasteiger charge is 2.39. The lowest BCUT2D eigenvalue weighted by Crippen LogP contribution is -2.52. The van der Waals surface area contributed by atoms with Gasteiger partial charge in [0.2, 0.25) is 11.8 Å². The fourth-order valence-corrected chi connectivity index (χ4v) is 4.24. The van der Waals surface area contributed by atoms with E-state index in [1.54, 1.807) is 23.2 Å². The number of fused-ring (bicyclic) bond motifs is 1. The number of carbonyl (C=O) groups excluding carboxylic acids is 4. The first-order valence-electron chi connectivity index (χ1n) is 11.4. The molecule has 0 spiro atoms. The number of carbonyl (C=O) groups is 4. The molecule has 180 valence electrons. The second-order valence-corrected chi connectivity index (χ2v) is 8.89. The van der Waals surface area contributed by atoms with E-state index < -0.39 is 11.9 Å². The summed E-state index contributed by atoms with van der Waals surface area (Å²) in [6.45, 7) is 4.29. The molecule has 2 aliphatic rings. The number of imide groups is 1. The second kappa shape index (κ2) is 9.72. The molecule has 11 heteroatoms. The molecule has 4 rings (SSSR count). The maximum Gasteiger partial charge on any atom is 0.276 e. The molecule has 1 aromatic heterocycles. The number of piperidine rings is 1. The van der Waals surface area contributed by atoms with Gasteiger partial charge in [0.05, 0.1) is 11.9 Å². The average Bonchev–Trinajstić information content (AvgIpc) is 3.41. The molecule has 0 aliphatic carbocycles. The minimum Gasteiger partial charge on any atom is -0.336 e. The fraction of sp³-hybridized carbons (Fsp3) is 0.478. The summed E-state index contributed by atoms with van der Waals surface area (Å²) in [4.78, 5) is 55.0. The minimum atomic E-state index is -0.664. The molecule has 2 aromatic rings. The van der Waals surface area contributed by atoms with E-state index in [2.05, 4.69) is 15.6 Å². The molecule has 0 bridgehead atoms. The van der Waals surface area contributed by atoms with Gasteiger partial charge in [-0.15, -0.1) is 5.10 Å². The van der Waals surface area contributed by atoms with Crippen LogP contribution >= 0.6 is 0 Å². The van der Waals surface area contributed by atoms with Crippen LogP contribution in [0.3, 0.4) is 0 Å². The van der Waals surface area contributed by atoms with Crippen LogP contribution in [0.1, 0.15) is 52.6 Å². The number of hydrogen-bond donors (Lipinski definition) is 1. The molecule has 0 saturated carbocycles. The van der Waals surface area contributed by atoms with E-state index in [1.807, 2.05) is 32.0 Å². The summed E-state index contributed by atoms with van der Waals surface area (Å²) < 4.78 is 1.48. The van der Waals surface area contributed by atoms with E-state index in [4.69, 9.17) is 0 Å². The Hall–Kier alpha value is -3.60. The molecule has 1 unspecified atom stereocenters. The third kappa shape index (κ3) is 4.69. The van der Waals surface area contributed by atoms with E-state index in [0.717, 1.165) is 18.5 Å². The van der Waals surface area contributed by atoms with Gasteiger partial charge in [0.25, 0.3) is 11.8 Å². The molecule has 1 N–H and O–H groups in total. The SMILES string of the molecule is CCCN(CCN(C)C)C(=O)c1cn(-c2ccc3c(c2)C(=O)N(C2CCC(=O)NC2=O)C3)nn1. The van der Waals surface area contributed by atoms with Crippen molar-refractivity contribution >= 4 is 23.6 Å². The van der Waals surface area contributed by atoms with E-state index in [1.165, 1.54) is 9.58 Å². The molecule has 1 saturated heterocycles. The van der Waals surface area contributed by atoms with E-state index in [9.17, 15) is 19.2 Å². The Morgan fingerprint density at radius 1 is 1.18 bits per heavy atom. The minimum absolute atomic E-state index is 0.184. The summed E-state index contributed by atoms with van der Waals surface area (Å²) in [7, 11) is 3.92. The number of rotatable bonds is 8. The van der Waals surface area contributed by atoms with Crippen LogP contribution < -0.4 is 5.32 Å². The van der Waals surface area contributed by atoms with Crippen molar-refractivity contribution in [1.29, 1.82) is 0 Å². The summed E-state index contributed by atoms with van der Waals surface area (Å²) in [5, 5.41) is 10.5. The Bertz CT molecular complexity index is 1130. The predicted octanol–water partition coefficient (Wildman–Crippen LogP) is 0.442. The number of benzene rings is 1. The largest absolute Gasteiger partial charge is 0.336 e. The predicted molar refractivity (Wildman–Crippen MR) is 122 cm³/mol. The van der Waals surface area contributed by atoms with Crippen molar-refractivity contribution in [3.05, 3.63) is 41.2 Å². The zero-order valence-electron chi connectivity index (χ0n) is 19.7. The molecule has 3 heterocycles. The topological polar surface area (TPSA) is 121 Å². The monoisotopic (exact) mass is 467 g/mol. The van der Waals surface area contributed by atoms with Gasteiger partial charge in [0.1, 0.15) is 6.04 Å². The van der Waals surface area contributed by atoms with Gasteiger partial charge in [-0.05, 0) is 44.6 Å². The quantitative estimate of drug-likeness (QED) is 0.559. The van der Waals surface area contributed by atoms with Crippen molar-refractivity contribution in [1.82, 2.24) is 35.0 Å². The number of nitrogens with zero attached hydrogens (tertiary/aromatic N) is 6. The highest BCUT2D eigenvalue weighted by atomic mass is 16.2. The van der Waals surface area contributed by atoms with Gasteiger partial charge < -0.3 is 14.7 Å². The molecule has 1 atom stereocenters. The van der Waals surface area contributed by atoms with Crippen LogP contribution in [0.2, 0.25) is 0 Å². The van der Waals surface area contributed by atoms with Gasteiger partial charge >= 0.3 is 0 Å². The lowest BCUT2D eigenvalue weighted by atomic mass is 10.0. The second-order valence-electron chi connectivity index (χ2n) is 8.89. The van der Waals surface area contributed by atoms with Crippen molar-refractivity contribution in [2.45, 2.75) is 38.8 Å². The number of aromatic nitrogens is 3. The Balaban J connectivity index is 1.51. The van der Waals surface area contributed by atoms with Crippen LogP contribution in [-0.2, 0) is 16.1 Å². The van der Waals surface area contributed by atoms with Gasteiger partial charge in [-0.1, -0.05) is 18.2 Å². The molecule has 1 fully saturated rings. The smallest absolute Gasteiger partial charge is 0.276 e. The molecule has 1 aromatic carbocycles. The third-order valence-electron chi connectivity index (χ3n) is 6.09. The zero-order chi connectivity index (χ0) is 24.4. The van der Waals surface area contributed by atoms with Crippen LogP contribution in [0, 0.1) is 0 Å². The Morgan fingerprint density at radius 2 is 1.97 bits per heavy atom. The summed E-state index contributed by atoms with van der Waals surface area (Å²) in [5.74, 6) is -1.21. The lowest BCUT2D eigenvalue weighted by molar-refractivity contribution is -0.136. The first-order chi connectivity index (χ1) is 16.3. The van der Waals surface area contributed by atoms with Crippen molar-refractivity contribution in [2.24, 2.45) is 0 Å². The molecule has 4 amide bonds. The molecule has 0 radical (unpaired) electrons. The normalized spacial score (nSPS) is 17.8. The molecule has 34 heavy (non-hydrogen) atoms. The van der Waals surface area contributed by atoms with Crippen molar-refractivity contribution in [3.63, 3.8) is 0 Å². The van der Waals surface area contributed by atoms with Crippen LogP contribution in [0.25, 0.3) is 5.69 Å². The maximum atomic E-state index is 13.1. The van der Waals surface area contributed by atoms with Crippen molar-refractivity contribution in [3.8, 4) is 5.69 Å². The molecule has 11 nitrogen and oxygen atoms in total. The summed E-state index contributed by atoms with van der Waals surface area (Å²) in [5.41, 5.74) is 2.11. The standard InChI is InChI=1S/C23H29N7O4/c1-4-9-28(11-10-27(2)3)23(34)18-14-30(26-25-18)16-6-5-15-13-29(22(33)17(15)12-16)19-7-8-20(31)24-21(19)32/h5-6,12,14,19H,4,7-11,13H2,1-3H3,(H,24,31,32). The summed E-state index contributed by atoms with van der Waals surface area (Å²) in [6, 6.07) is 4.66. The Labute approximate surface area is 197 Å². The zero-order valence-corrected chi connectivity index (χ0v) is 19.7. The van der Waals surface area contributed by atoms with Gasteiger partial charge in [0.15, 0.2) is 5.69 Å². The first kappa shape index (κ1) is 23.6. The highest BCUT2D eigenvalue weighted by molar-refractivity contribution is 6.05. The molecular weight excluding hydrogens is 438 g/mol. The van der Waals surface area contributed by atoms with Crippen molar-refractivity contribution < 1.29 is 19.2 Å². The van der Waals surface area contributed by atoms with E-state index in [-0.39, 0.29) is 29.8 Å². The average molecular weight is 468 g/mol. The van der Waals surface area contributed by atoms with E-state index in [0.29, 0.717) is 37.3 Å².